The van der Waals surface area contributed by atoms with Crippen molar-refractivity contribution in [3.63, 3.8) is 0 Å². The summed E-state index contributed by atoms with van der Waals surface area (Å²) in [7, 11) is 0. The Morgan fingerprint density at radius 3 is 2.85 bits per heavy atom. The van der Waals surface area contributed by atoms with Crippen molar-refractivity contribution in [2.75, 3.05) is 16.4 Å². The number of hydrogen-bond acceptors (Lipinski definition) is 8. The number of hydrogen-bond donors (Lipinski definition) is 2. The van der Waals surface area contributed by atoms with Crippen LogP contribution in [0.3, 0.4) is 0 Å². The Kier molecular flexibility index (Phi) is 7.04. The van der Waals surface area contributed by atoms with Crippen LogP contribution in [0.15, 0.2) is 33.4 Å². The maximum absolute atomic E-state index is 13.1. The van der Waals surface area contributed by atoms with E-state index in [4.69, 9.17) is 8.94 Å². The Hall–Kier alpha value is -2.85. The van der Waals surface area contributed by atoms with Gasteiger partial charge in [-0.3, -0.25) is 14.4 Å². The Morgan fingerprint density at radius 1 is 1.33 bits per heavy atom. The summed E-state index contributed by atoms with van der Waals surface area (Å²) in [5.74, 6) is 1.05. The van der Waals surface area contributed by atoms with Crippen LogP contribution in [0.2, 0.25) is 0 Å². The second-order valence-corrected chi connectivity index (χ2v) is 10.6. The first-order chi connectivity index (χ1) is 15.8. The zero-order chi connectivity index (χ0) is 23.5. The predicted octanol–water partition coefficient (Wildman–Crippen LogP) is 4.69. The molecule has 0 saturated heterocycles. The van der Waals surface area contributed by atoms with E-state index in [1.54, 1.807) is 32.0 Å². The molecule has 0 aromatic carbocycles. The first kappa shape index (κ1) is 23.3. The van der Waals surface area contributed by atoms with E-state index in [2.05, 4.69) is 22.7 Å². The molecule has 0 fully saturated rings. The number of fused-ring (bicyclic) bond motifs is 1. The van der Waals surface area contributed by atoms with Gasteiger partial charge in [0.25, 0.3) is 0 Å². The zero-order valence-corrected chi connectivity index (χ0v) is 20.2. The minimum atomic E-state index is -0.477. The van der Waals surface area contributed by atoms with E-state index >= 15 is 0 Å². The van der Waals surface area contributed by atoms with E-state index in [1.807, 2.05) is 0 Å². The second kappa shape index (κ2) is 9.96. The molecule has 0 radical (unpaired) electrons. The Morgan fingerprint density at radius 2 is 2.15 bits per heavy atom. The molecular formula is C23H25N3O5S2. The average molecular weight is 488 g/mol. The third kappa shape index (κ3) is 5.39. The van der Waals surface area contributed by atoms with E-state index in [1.165, 1.54) is 29.4 Å². The van der Waals surface area contributed by atoms with E-state index < -0.39 is 5.25 Å². The molecule has 2 amide bonds. The molecule has 3 aromatic rings. The van der Waals surface area contributed by atoms with Gasteiger partial charge in [-0.2, -0.15) is 0 Å². The van der Waals surface area contributed by atoms with E-state index in [0.717, 1.165) is 29.7 Å². The Balaban J connectivity index is 1.43. The Labute approximate surface area is 199 Å². The van der Waals surface area contributed by atoms with Crippen molar-refractivity contribution in [1.29, 1.82) is 0 Å². The molecule has 8 nitrogen and oxygen atoms in total. The number of nitrogens with zero attached hydrogens (tertiary/aromatic N) is 1. The highest BCUT2D eigenvalue weighted by molar-refractivity contribution is 8.01. The van der Waals surface area contributed by atoms with Crippen molar-refractivity contribution in [1.82, 2.24) is 5.16 Å². The minimum absolute atomic E-state index is 0.0692. The molecule has 2 unspecified atom stereocenters. The molecule has 174 valence electrons. The van der Waals surface area contributed by atoms with E-state index in [9.17, 15) is 14.4 Å². The topological polar surface area (TPSA) is 114 Å². The van der Waals surface area contributed by atoms with Crippen molar-refractivity contribution in [2.45, 2.75) is 45.3 Å². The van der Waals surface area contributed by atoms with Crippen LogP contribution in [0.25, 0.3) is 0 Å². The van der Waals surface area contributed by atoms with Crippen LogP contribution < -0.4 is 10.6 Å². The number of rotatable bonds is 8. The number of carbonyl (C=O) groups excluding carboxylic acids is 3. The van der Waals surface area contributed by atoms with Crippen LogP contribution in [0.5, 0.6) is 0 Å². The van der Waals surface area contributed by atoms with Gasteiger partial charge in [0.15, 0.2) is 11.6 Å². The van der Waals surface area contributed by atoms with Crippen molar-refractivity contribution < 1.29 is 23.3 Å². The van der Waals surface area contributed by atoms with E-state index in [0.29, 0.717) is 28.1 Å². The molecule has 3 heterocycles. The molecule has 1 aliphatic carbocycles. The number of aryl methyl sites for hydroxylation is 1. The number of nitrogens with one attached hydrogen (secondary N) is 2. The van der Waals surface area contributed by atoms with Gasteiger partial charge in [-0.25, -0.2) is 0 Å². The summed E-state index contributed by atoms with van der Waals surface area (Å²) in [4.78, 5) is 39.3. The fraction of sp³-hybridized carbons (Fsp3) is 0.391. The highest BCUT2D eigenvalue weighted by atomic mass is 32.2. The molecule has 0 saturated carbocycles. The number of ketones is 1. The van der Waals surface area contributed by atoms with Gasteiger partial charge in [-0.1, -0.05) is 12.1 Å². The van der Waals surface area contributed by atoms with Gasteiger partial charge in [0.2, 0.25) is 17.6 Å². The van der Waals surface area contributed by atoms with E-state index in [-0.39, 0.29) is 29.1 Å². The van der Waals surface area contributed by atoms with Crippen LogP contribution >= 0.6 is 23.1 Å². The number of thioether (sulfide) groups is 1. The summed E-state index contributed by atoms with van der Waals surface area (Å²) in [5.41, 5.74) is 1.54. The lowest BCUT2D eigenvalue weighted by atomic mass is 9.87. The number of thiophene rings is 1. The van der Waals surface area contributed by atoms with Gasteiger partial charge in [-0.05, 0) is 56.7 Å². The fourth-order valence-corrected chi connectivity index (χ4v) is 5.81. The molecular weight excluding hydrogens is 462 g/mol. The molecule has 10 heteroatoms. The lowest BCUT2D eigenvalue weighted by molar-refractivity contribution is -0.115. The lowest BCUT2D eigenvalue weighted by Gasteiger charge is -2.18. The Bertz CT molecular complexity index is 1170. The fourth-order valence-electron chi connectivity index (χ4n) is 3.70. The lowest BCUT2D eigenvalue weighted by Crippen LogP contribution is -2.25. The van der Waals surface area contributed by atoms with Gasteiger partial charge in [0.1, 0.15) is 10.8 Å². The van der Waals surface area contributed by atoms with Crippen LogP contribution in [-0.4, -0.2) is 33.8 Å². The smallest absolute Gasteiger partial charge is 0.238 e. The summed E-state index contributed by atoms with van der Waals surface area (Å²) in [6, 6.07) is 4.94. The van der Waals surface area contributed by atoms with Crippen LogP contribution in [0.4, 0.5) is 10.8 Å². The number of anilines is 2. The SMILES string of the molecule is Cc1cc(NC(=O)C(C)SCC(=O)Nc2sc3c(c2C(=O)c2ccco2)CCC(C)C3)no1. The van der Waals surface area contributed by atoms with Crippen LogP contribution in [-0.2, 0) is 22.4 Å². The van der Waals surface area contributed by atoms with Gasteiger partial charge < -0.3 is 19.6 Å². The summed E-state index contributed by atoms with van der Waals surface area (Å²) < 4.78 is 10.3. The third-order valence-electron chi connectivity index (χ3n) is 5.45. The predicted molar refractivity (Wildman–Crippen MR) is 128 cm³/mol. The summed E-state index contributed by atoms with van der Waals surface area (Å²) in [6.45, 7) is 5.65. The monoisotopic (exact) mass is 487 g/mol. The molecule has 0 aliphatic heterocycles. The largest absolute Gasteiger partial charge is 0.461 e. The number of amides is 2. The van der Waals surface area contributed by atoms with Crippen molar-refractivity contribution >= 4 is 51.5 Å². The maximum atomic E-state index is 13.1. The second-order valence-electron chi connectivity index (χ2n) is 8.18. The standard InChI is InChI=1S/C23H25N3O5S2/c1-12-6-7-15-17(9-12)33-23(20(15)21(28)16-5-4-8-30-16)25-19(27)11-32-14(3)22(29)24-18-10-13(2)31-26-18/h4-5,8,10,12,14H,6-7,9,11H2,1-3H3,(H,25,27)(H,24,26,29). The number of carbonyl (C=O) groups is 3. The summed E-state index contributed by atoms with van der Waals surface area (Å²) in [6.07, 6.45) is 4.17. The van der Waals surface area contributed by atoms with Crippen molar-refractivity contribution in [3.05, 3.63) is 52.0 Å². The van der Waals surface area contributed by atoms with Crippen molar-refractivity contribution in [3.8, 4) is 0 Å². The first-order valence-corrected chi connectivity index (χ1v) is 12.6. The third-order valence-corrected chi connectivity index (χ3v) is 7.76. The molecule has 2 atom stereocenters. The molecule has 33 heavy (non-hydrogen) atoms. The highest BCUT2D eigenvalue weighted by Gasteiger charge is 2.30. The molecule has 0 bridgehead atoms. The van der Waals surface area contributed by atoms with Crippen molar-refractivity contribution in [2.24, 2.45) is 5.92 Å². The zero-order valence-electron chi connectivity index (χ0n) is 18.6. The minimum Gasteiger partial charge on any atom is -0.461 e. The maximum Gasteiger partial charge on any atom is 0.238 e. The van der Waals surface area contributed by atoms with Gasteiger partial charge in [-0.15, -0.1) is 23.1 Å². The molecule has 2 N–H and O–H groups in total. The van der Waals surface area contributed by atoms with Crippen LogP contribution in [0, 0.1) is 12.8 Å². The quantitative estimate of drug-likeness (QED) is 0.443. The molecule has 4 rings (SSSR count). The van der Waals surface area contributed by atoms with Crippen LogP contribution in [0.1, 0.15) is 52.6 Å². The normalized spacial score (nSPS) is 16.2. The summed E-state index contributed by atoms with van der Waals surface area (Å²) in [5, 5.41) is 9.39. The molecule has 0 spiro atoms. The highest BCUT2D eigenvalue weighted by Crippen LogP contribution is 2.40. The molecule has 1 aliphatic rings. The van der Waals surface area contributed by atoms with Gasteiger partial charge in [0, 0.05) is 10.9 Å². The average Bonchev–Trinajstić information content (AvgIpc) is 3.51. The first-order valence-electron chi connectivity index (χ1n) is 10.7. The van der Waals surface area contributed by atoms with Gasteiger partial charge >= 0.3 is 0 Å². The molecule has 3 aromatic heterocycles. The van der Waals surface area contributed by atoms with Gasteiger partial charge in [0.05, 0.1) is 22.8 Å². The summed E-state index contributed by atoms with van der Waals surface area (Å²) >= 11 is 2.67. The number of furan rings is 1. The number of aromatic nitrogens is 1.